The number of carbonyl (C=O) groups excluding carboxylic acids is 3. The molecule has 0 aliphatic carbocycles. The maximum absolute atomic E-state index is 14.0. The highest BCUT2D eigenvalue weighted by Crippen LogP contribution is 2.23. The second kappa shape index (κ2) is 11.1. The lowest BCUT2D eigenvalue weighted by atomic mass is 9.88. The summed E-state index contributed by atoms with van der Waals surface area (Å²) in [5, 5.41) is 5.69. The first-order chi connectivity index (χ1) is 14.2. The lowest BCUT2D eigenvalue weighted by Gasteiger charge is -2.36. The highest BCUT2D eigenvalue weighted by atomic mass is 19.1. The van der Waals surface area contributed by atoms with Crippen LogP contribution in [0.15, 0.2) is 24.3 Å². The van der Waals surface area contributed by atoms with E-state index < -0.39 is 17.8 Å². The third kappa shape index (κ3) is 6.54. The van der Waals surface area contributed by atoms with Crippen molar-refractivity contribution >= 4 is 17.7 Å². The number of hydrogen-bond donors (Lipinski definition) is 2. The van der Waals surface area contributed by atoms with Gasteiger partial charge in [-0.2, -0.15) is 0 Å². The minimum Gasteiger partial charge on any atom is -0.352 e. The van der Waals surface area contributed by atoms with Gasteiger partial charge in [-0.3, -0.25) is 14.4 Å². The molecule has 6 nitrogen and oxygen atoms in total. The van der Waals surface area contributed by atoms with Gasteiger partial charge in [-0.1, -0.05) is 32.9 Å². The fourth-order valence-corrected chi connectivity index (χ4v) is 3.66. The third-order valence-electron chi connectivity index (χ3n) is 5.64. The number of nitrogens with zero attached hydrogens (tertiary/aromatic N) is 1. The monoisotopic (exact) mass is 419 g/mol. The first kappa shape index (κ1) is 23.8. The molecule has 0 unspecified atom stereocenters. The van der Waals surface area contributed by atoms with Gasteiger partial charge in [0.1, 0.15) is 11.9 Å². The fraction of sp³-hybridized carbons (Fsp3) is 0.609. The van der Waals surface area contributed by atoms with Gasteiger partial charge in [0.2, 0.25) is 11.8 Å². The summed E-state index contributed by atoms with van der Waals surface area (Å²) in [7, 11) is 0. The SMILES string of the molecule is CC[C@H](C)NC(=O)[C@@H](NC(=O)c1ccccc1F)C1CCN(C(=O)CC(C)C)CC1. The molecule has 1 aromatic carbocycles. The Balaban J connectivity index is 2.10. The van der Waals surface area contributed by atoms with Gasteiger partial charge in [0.15, 0.2) is 0 Å². The highest BCUT2D eigenvalue weighted by molar-refractivity contribution is 5.97. The number of carbonyl (C=O) groups is 3. The Morgan fingerprint density at radius 2 is 1.73 bits per heavy atom. The predicted molar refractivity (Wildman–Crippen MR) is 114 cm³/mol. The molecule has 1 fully saturated rings. The number of nitrogens with one attached hydrogen (secondary N) is 2. The largest absolute Gasteiger partial charge is 0.352 e. The van der Waals surface area contributed by atoms with Gasteiger partial charge < -0.3 is 15.5 Å². The van der Waals surface area contributed by atoms with Gasteiger partial charge in [0, 0.05) is 25.6 Å². The van der Waals surface area contributed by atoms with Crippen LogP contribution in [0.25, 0.3) is 0 Å². The molecule has 0 bridgehead atoms. The zero-order chi connectivity index (χ0) is 22.3. The summed E-state index contributed by atoms with van der Waals surface area (Å²) >= 11 is 0. The van der Waals surface area contributed by atoms with Crippen LogP contribution in [-0.4, -0.2) is 47.8 Å². The topological polar surface area (TPSA) is 78.5 Å². The summed E-state index contributed by atoms with van der Waals surface area (Å²) in [6, 6.07) is 4.93. The average molecular weight is 420 g/mol. The van der Waals surface area contributed by atoms with E-state index in [4.69, 9.17) is 0 Å². The first-order valence-corrected chi connectivity index (χ1v) is 10.9. The zero-order valence-electron chi connectivity index (χ0n) is 18.4. The molecule has 7 heteroatoms. The summed E-state index contributed by atoms with van der Waals surface area (Å²) in [4.78, 5) is 39.8. The van der Waals surface area contributed by atoms with E-state index in [1.165, 1.54) is 18.2 Å². The minimum absolute atomic E-state index is 0.0296. The van der Waals surface area contributed by atoms with Crippen molar-refractivity contribution in [3.63, 3.8) is 0 Å². The van der Waals surface area contributed by atoms with E-state index in [9.17, 15) is 18.8 Å². The number of rotatable bonds is 8. The fourth-order valence-electron chi connectivity index (χ4n) is 3.66. The molecule has 1 aliphatic rings. The molecule has 0 saturated carbocycles. The van der Waals surface area contributed by atoms with Crippen LogP contribution in [0.5, 0.6) is 0 Å². The van der Waals surface area contributed by atoms with Crippen LogP contribution in [0.4, 0.5) is 4.39 Å². The first-order valence-electron chi connectivity index (χ1n) is 10.9. The number of amides is 3. The van der Waals surface area contributed by atoms with Crippen molar-refractivity contribution in [3.05, 3.63) is 35.6 Å². The summed E-state index contributed by atoms with van der Waals surface area (Å²) in [5.41, 5.74) is -0.0802. The summed E-state index contributed by atoms with van der Waals surface area (Å²) < 4.78 is 14.0. The van der Waals surface area contributed by atoms with Gasteiger partial charge in [0.05, 0.1) is 5.56 Å². The summed E-state index contributed by atoms with van der Waals surface area (Å²) in [6.07, 6.45) is 2.49. The highest BCUT2D eigenvalue weighted by Gasteiger charge is 2.34. The van der Waals surface area contributed by atoms with Crippen LogP contribution in [0.1, 0.15) is 63.7 Å². The van der Waals surface area contributed by atoms with E-state index in [0.29, 0.717) is 38.3 Å². The molecule has 2 N–H and O–H groups in total. The number of halogens is 1. The lowest BCUT2D eigenvalue weighted by Crippen LogP contribution is -2.55. The minimum atomic E-state index is -0.770. The van der Waals surface area contributed by atoms with E-state index in [1.54, 1.807) is 6.07 Å². The molecule has 166 valence electrons. The molecule has 1 aliphatic heterocycles. The van der Waals surface area contributed by atoms with Crippen molar-refractivity contribution in [1.82, 2.24) is 15.5 Å². The zero-order valence-corrected chi connectivity index (χ0v) is 18.4. The quantitative estimate of drug-likeness (QED) is 0.680. The predicted octanol–water partition coefficient (Wildman–Crippen LogP) is 3.12. The Bertz CT molecular complexity index is 745. The molecule has 2 atom stereocenters. The van der Waals surface area contributed by atoms with E-state index >= 15 is 0 Å². The second-order valence-electron chi connectivity index (χ2n) is 8.57. The maximum Gasteiger partial charge on any atom is 0.254 e. The summed E-state index contributed by atoms with van der Waals surface area (Å²) in [5.74, 6) is -1.18. The molecule has 1 saturated heterocycles. The third-order valence-corrected chi connectivity index (χ3v) is 5.64. The van der Waals surface area contributed by atoms with Crippen molar-refractivity contribution in [3.8, 4) is 0 Å². The van der Waals surface area contributed by atoms with Crippen LogP contribution >= 0.6 is 0 Å². The molecular formula is C23H34FN3O3. The Morgan fingerprint density at radius 3 is 2.30 bits per heavy atom. The molecule has 0 radical (unpaired) electrons. The molecule has 0 aromatic heterocycles. The number of hydrogen-bond acceptors (Lipinski definition) is 3. The number of benzene rings is 1. The van der Waals surface area contributed by atoms with Crippen molar-refractivity contribution in [2.24, 2.45) is 11.8 Å². The molecular weight excluding hydrogens is 385 g/mol. The molecule has 2 rings (SSSR count). The standard InChI is InChI=1S/C23H34FN3O3/c1-5-16(4)25-23(30)21(26-22(29)18-8-6-7-9-19(18)24)17-10-12-27(13-11-17)20(28)14-15(2)3/h6-9,15-17,21H,5,10-14H2,1-4H3,(H,25,30)(H,26,29)/t16-,21-/m0/s1. The number of piperidine rings is 1. The van der Waals surface area contributed by atoms with Crippen molar-refractivity contribution < 1.29 is 18.8 Å². The van der Waals surface area contributed by atoms with E-state index in [-0.39, 0.29) is 29.3 Å². The van der Waals surface area contributed by atoms with Crippen LogP contribution in [-0.2, 0) is 9.59 Å². The van der Waals surface area contributed by atoms with Gasteiger partial charge in [0.25, 0.3) is 5.91 Å². The van der Waals surface area contributed by atoms with Gasteiger partial charge in [-0.25, -0.2) is 4.39 Å². The van der Waals surface area contributed by atoms with Crippen molar-refractivity contribution in [2.45, 2.75) is 65.5 Å². The van der Waals surface area contributed by atoms with E-state index in [0.717, 1.165) is 6.42 Å². The molecule has 1 aromatic rings. The Hall–Kier alpha value is -2.44. The summed E-state index contributed by atoms with van der Waals surface area (Å²) in [6.45, 7) is 9.01. The molecule has 0 spiro atoms. The van der Waals surface area contributed by atoms with Crippen LogP contribution in [0.3, 0.4) is 0 Å². The van der Waals surface area contributed by atoms with E-state index in [2.05, 4.69) is 10.6 Å². The van der Waals surface area contributed by atoms with Crippen LogP contribution in [0.2, 0.25) is 0 Å². The average Bonchev–Trinajstić information content (AvgIpc) is 2.71. The molecule has 1 heterocycles. The Labute approximate surface area is 178 Å². The van der Waals surface area contributed by atoms with Gasteiger partial charge in [-0.15, -0.1) is 0 Å². The van der Waals surface area contributed by atoms with Gasteiger partial charge >= 0.3 is 0 Å². The van der Waals surface area contributed by atoms with Crippen molar-refractivity contribution in [2.75, 3.05) is 13.1 Å². The second-order valence-corrected chi connectivity index (χ2v) is 8.57. The Morgan fingerprint density at radius 1 is 1.10 bits per heavy atom. The lowest BCUT2D eigenvalue weighted by molar-refractivity contribution is -0.133. The Kier molecular flexibility index (Phi) is 8.81. The van der Waals surface area contributed by atoms with Gasteiger partial charge in [-0.05, 0) is 50.2 Å². The van der Waals surface area contributed by atoms with Crippen molar-refractivity contribution in [1.29, 1.82) is 0 Å². The molecule has 3 amide bonds. The smallest absolute Gasteiger partial charge is 0.254 e. The van der Waals surface area contributed by atoms with E-state index in [1.807, 2.05) is 32.6 Å². The molecule has 30 heavy (non-hydrogen) atoms. The normalized spacial score (nSPS) is 16.8. The maximum atomic E-state index is 14.0. The van der Waals surface area contributed by atoms with Crippen LogP contribution in [0, 0.1) is 17.7 Å². The number of likely N-dealkylation sites (tertiary alicyclic amines) is 1. The van der Waals surface area contributed by atoms with Crippen LogP contribution < -0.4 is 10.6 Å².